The smallest absolute Gasteiger partial charge is 0.349 e. The molecule has 4 heteroatoms. The molecule has 0 unspecified atom stereocenters. The summed E-state index contributed by atoms with van der Waals surface area (Å²) >= 11 is 5.93. The van der Waals surface area contributed by atoms with Gasteiger partial charge < -0.3 is 9.47 Å². The maximum Gasteiger partial charge on any atom is 0.349 e. The van der Waals surface area contributed by atoms with Crippen molar-refractivity contribution < 1.29 is 14.3 Å². The third kappa shape index (κ3) is 4.50. The molecule has 0 N–H and O–H groups in total. The van der Waals surface area contributed by atoms with Crippen LogP contribution < -0.4 is 9.47 Å². The monoisotopic (exact) mass is 318 g/mol. The van der Waals surface area contributed by atoms with E-state index >= 15 is 0 Å². The number of esters is 1. The van der Waals surface area contributed by atoms with Gasteiger partial charge in [0.2, 0.25) is 0 Å². The lowest BCUT2D eigenvalue weighted by Crippen LogP contribution is -2.17. The fourth-order valence-electron chi connectivity index (χ4n) is 1.93. The molecular formula is C18H19ClO3. The van der Waals surface area contributed by atoms with Crippen LogP contribution in [-0.2, 0) is 4.79 Å². The lowest BCUT2D eigenvalue weighted by Gasteiger charge is -2.09. The highest BCUT2D eigenvalue weighted by Crippen LogP contribution is 2.21. The number of hydrogen-bond donors (Lipinski definition) is 0. The minimum atomic E-state index is -0.449. The van der Waals surface area contributed by atoms with Gasteiger partial charge >= 0.3 is 5.97 Å². The second kappa shape index (κ2) is 7.32. The maximum atomic E-state index is 11.8. The van der Waals surface area contributed by atoms with E-state index in [0.29, 0.717) is 22.4 Å². The topological polar surface area (TPSA) is 35.5 Å². The first kappa shape index (κ1) is 16.4. The van der Waals surface area contributed by atoms with E-state index in [2.05, 4.69) is 13.8 Å². The first-order valence-electron chi connectivity index (χ1n) is 7.15. The SMILES string of the molecule is Cc1cc(OC(=O)COc2ccc(C(C)C)cc2)ccc1Cl. The first-order chi connectivity index (χ1) is 10.5. The van der Waals surface area contributed by atoms with Gasteiger partial charge in [-0.3, -0.25) is 0 Å². The van der Waals surface area contributed by atoms with Gasteiger partial charge in [0.05, 0.1) is 0 Å². The standard InChI is InChI=1S/C18H19ClO3/c1-12(2)14-4-6-15(7-5-14)21-11-18(20)22-16-8-9-17(19)13(3)10-16/h4-10,12H,11H2,1-3H3. The van der Waals surface area contributed by atoms with Crippen molar-refractivity contribution in [3.05, 3.63) is 58.6 Å². The molecule has 2 rings (SSSR count). The number of aryl methyl sites for hydroxylation is 1. The molecule has 2 aromatic carbocycles. The van der Waals surface area contributed by atoms with E-state index in [4.69, 9.17) is 21.1 Å². The molecule has 0 aliphatic heterocycles. The van der Waals surface area contributed by atoms with Crippen molar-refractivity contribution in [2.45, 2.75) is 26.7 Å². The maximum absolute atomic E-state index is 11.8. The third-order valence-corrected chi connectivity index (χ3v) is 3.69. The highest BCUT2D eigenvalue weighted by atomic mass is 35.5. The van der Waals surface area contributed by atoms with Gasteiger partial charge in [-0.15, -0.1) is 0 Å². The minimum absolute atomic E-state index is 0.136. The predicted molar refractivity (Wildman–Crippen MR) is 87.9 cm³/mol. The molecule has 0 saturated carbocycles. The van der Waals surface area contributed by atoms with Gasteiger partial charge in [0.15, 0.2) is 6.61 Å². The fraction of sp³-hybridized carbons (Fsp3) is 0.278. The highest BCUT2D eigenvalue weighted by Gasteiger charge is 2.08. The molecule has 2 aromatic rings. The van der Waals surface area contributed by atoms with Crippen LogP contribution >= 0.6 is 11.6 Å². The molecular weight excluding hydrogens is 300 g/mol. The summed E-state index contributed by atoms with van der Waals surface area (Å²) in [5, 5.41) is 0.640. The summed E-state index contributed by atoms with van der Waals surface area (Å²) in [7, 11) is 0. The van der Waals surface area contributed by atoms with Crippen LogP contribution in [0, 0.1) is 6.92 Å². The summed E-state index contributed by atoms with van der Waals surface area (Å²) in [5.41, 5.74) is 2.09. The average Bonchev–Trinajstić information content (AvgIpc) is 2.49. The fourth-order valence-corrected chi connectivity index (χ4v) is 2.05. The van der Waals surface area contributed by atoms with Crippen molar-refractivity contribution in [3.8, 4) is 11.5 Å². The minimum Gasteiger partial charge on any atom is -0.482 e. The average molecular weight is 319 g/mol. The van der Waals surface area contributed by atoms with Gasteiger partial charge in [-0.05, 0) is 54.3 Å². The molecule has 3 nitrogen and oxygen atoms in total. The summed E-state index contributed by atoms with van der Waals surface area (Å²) in [6, 6.07) is 12.8. The Bertz CT molecular complexity index is 648. The number of carbonyl (C=O) groups excluding carboxylic acids is 1. The van der Waals surface area contributed by atoms with Crippen molar-refractivity contribution in [1.82, 2.24) is 0 Å². The van der Waals surface area contributed by atoms with Crippen LogP contribution in [0.4, 0.5) is 0 Å². The van der Waals surface area contributed by atoms with Crippen molar-refractivity contribution in [2.75, 3.05) is 6.61 Å². The van der Waals surface area contributed by atoms with E-state index in [1.165, 1.54) is 5.56 Å². The molecule has 22 heavy (non-hydrogen) atoms. The van der Waals surface area contributed by atoms with Crippen LogP contribution in [0.5, 0.6) is 11.5 Å². The van der Waals surface area contributed by atoms with E-state index in [1.54, 1.807) is 18.2 Å². The summed E-state index contributed by atoms with van der Waals surface area (Å²) in [5.74, 6) is 1.13. The van der Waals surface area contributed by atoms with Gasteiger partial charge in [-0.2, -0.15) is 0 Å². The molecule has 0 fully saturated rings. The van der Waals surface area contributed by atoms with E-state index in [1.807, 2.05) is 31.2 Å². The predicted octanol–water partition coefficient (Wildman–Crippen LogP) is 4.76. The molecule has 0 atom stereocenters. The molecule has 0 spiro atoms. The van der Waals surface area contributed by atoms with E-state index in [9.17, 15) is 4.79 Å². The molecule has 0 amide bonds. The number of halogens is 1. The first-order valence-corrected chi connectivity index (χ1v) is 7.53. The Labute approximate surface area is 135 Å². The second-order valence-electron chi connectivity index (χ2n) is 5.40. The zero-order chi connectivity index (χ0) is 16.1. The second-order valence-corrected chi connectivity index (χ2v) is 5.80. The Morgan fingerprint density at radius 1 is 1.09 bits per heavy atom. The third-order valence-electron chi connectivity index (χ3n) is 3.26. The number of ether oxygens (including phenoxy) is 2. The zero-order valence-corrected chi connectivity index (χ0v) is 13.7. The Balaban J connectivity index is 1.88. The van der Waals surface area contributed by atoms with Gasteiger partial charge in [-0.25, -0.2) is 4.79 Å². The molecule has 0 aliphatic carbocycles. The van der Waals surface area contributed by atoms with Gasteiger partial charge in [0.25, 0.3) is 0 Å². The number of rotatable bonds is 5. The van der Waals surface area contributed by atoms with Gasteiger partial charge in [-0.1, -0.05) is 37.6 Å². The Morgan fingerprint density at radius 2 is 1.73 bits per heavy atom. The summed E-state index contributed by atoms with van der Waals surface area (Å²) in [4.78, 5) is 11.8. The largest absolute Gasteiger partial charge is 0.482 e. The number of hydrogen-bond acceptors (Lipinski definition) is 3. The van der Waals surface area contributed by atoms with Gasteiger partial charge in [0.1, 0.15) is 11.5 Å². The van der Waals surface area contributed by atoms with Crippen LogP contribution in [0.3, 0.4) is 0 Å². The summed E-state index contributed by atoms with van der Waals surface area (Å²) in [6.45, 7) is 5.97. The summed E-state index contributed by atoms with van der Waals surface area (Å²) < 4.78 is 10.6. The number of carbonyl (C=O) groups is 1. The molecule has 0 saturated heterocycles. The molecule has 0 bridgehead atoms. The van der Waals surface area contributed by atoms with Crippen LogP contribution in [0.15, 0.2) is 42.5 Å². The van der Waals surface area contributed by atoms with E-state index < -0.39 is 5.97 Å². The molecule has 0 aromatic heterocycles. The lowest BCUT2D eigenvalue weighted by atomic mass is 10.0. The van der Waals surface area contributed by atoms with E-state index in [-0.39, 0.29) is 6.61 Å². The van der Waals surface area contributed by atoms with E-state index in [0.717, 1.165) is 5.56 Å². The van der Waals surface area contributed by atoms with Crippen LogP contribution in [0.2, 0.25) is 5.02 Å². The van der Waals surface area contributed by atoms with Gasteiger partial charge in [0, 0.05) is 5.02 Å². The van der Waals surface area contributed by atoms with Crippen LogP contribution in [0.1, 0.15) is 30.9 Å². The van der Waals surface area contributed by atoms with Crippen molar-refractivity contribution in [3.63, 3.8) is 0 Å². The van der Waals surface area contributed by atoms with Crippen molar-refractivity contribution in [2.24, 2.45) is 0 Å². The van der Waals surface area contributed by atoms with Crippen LogP contribution in [-0.4, -0.2) is 12.6 Å². The summed E-state index contributed by atoms with van der Waals surface area (Å²) in [6.07, 6.45) is 0. The Morgan fingerprint density at radius 3 is 2.32 bits per heavy atom. The van der Waals surface area contributed by atoms with Crippen LogP contribution in [0.25, 0.3) is 0 Å². The molecule has 0 heterocycles. The molecule has 0 aliphatic rings. The Hall–Kier alpha value is -2.00. The zero-order valence-electron chi connectivity index (χ0n) is 12.9. The Kier molecular flexibility index (Phi) is 5.45. The number of benzene rings is 2. The lowest BCUT2D eigenvalue weighted by molar-refractivity contribution is -0.136. The quantitative estimate of drug-likeness (QED) is 0.589. The molecule has 0 radical (unpaired) electrons. The van der Waals surface area contributed by atoms with Crippen molar-refractivity contribution >= 4 is 17.6 Å². The molecule has 116 valence electrons. The normalized spacial score (nSPS) is 10.6. The van der Waals surface area contributed by atoms with Crippen molar-refractivity contribution in [1.29, 1.82) is 0 Å². The highest BCUT2D eigenvalue weighted by molar-refractivity contribution is 6.31.